The summed E-state index contributed by atoms with van der Waals surface area (Å²) in [5.41, 5.74) is 0. The van der Waals surface area contributed by atoms with E-state index >= 15 is 0 Å². The highest BCUT2D eigenvalue weighted by molar-refractivity contribution is 7.98. The van der Waals surface area contributed by atoms with Crippen LogP contribution in [-0.2, 0) is 4.79 Å². The molecule has 0 bridgehead atoms. The number of carboxylic acid groups (broad SMARTS) is 1. The lowest BCUT2D eigenvalue weighted by molar-refractivity contribution is -0.143. The van der Waals surface area contributed by atoms with Gasteiger partial charge in [0.05, 0.1) is 5.92 Å². The second-order valence-corrected chi connectivity index (χ2v) is 6.13. The third-order valence-corrected chi connectivity index (χ3v) is 4.39. The van der Waals surface area contributed by atoms with Gasteiger partial charge in [-0.3, -0.25) is 4.79 Å². The minimum Gasteiger partial charge on any atom is -0.481 e. The van der Waals surface area contributed by atoms with Crippen LogP contribution in [-0.4, -0.2) is 65.1 Å². The number of hydrogen-bond donors (Lipinski definition) is 1. The Labute approximate surface area is 119 Å². The molecule has 0 radical (unpaired) electrons. The summed E-state index contributed by atoms with van der Waals surface area (Å²) in [6.07, 6.45) is 4.46. The van der Waals surface area contributed by atoms with Crippen molar-refractivity contribution in [2.45, 2.75) is 32.2 Å². The third-order valence-electron chi connectivity index (χ3n) is 3.74. The van der Waals surface area contributed by atoms with Crippen molar-refractivity contribution in [2.24, 2.45) is 5.92 Å². The van der Waals surface area contributed by atoms with Crippen LogP contribution in [0.15, 0.2) is 0 Å². The largest absolute Gasteiger partial charge is 0.481 e. The number of urea groups is 1. The average molecular weight is 288 g/mol. The van der Waals surface area contributed by atoms with Crippen molar-refractivity contribution in [3.8, 4) is 0 Å². The molecule has 5 nitrogen and oxygen atoms in total. The first-order chi connectivity index (χ1) is 8.97. The lowest BCUT2D eigenvalue weighted by Crippen LogP contribution is -2.50. The highest BCUT2D eigenvalue weighted by atomic mass is 32.2. The highest BCUT2D eigenvalue weighted by Gasteiger charge is 2.30. The van der Waals surface area contributed by atoms with E-state index in [2.05, 4.69) is 6.26 Å². The lowest BCUT2D eigenvalue weighted by Gasteiger charge is -2.36. The predicted molar refractivity (Wildman–Crippen MR) is 77.6 cm³/mol. The summed E-state index contributed by atoms with van der Waals surface area (Å²) < 4.78 is 0. The molecule has 6 heteroatoms. The van der Waals surface area contributed by atoms with Crippen LogP contribution in [0.2, 0.25) is 0 Å². The Morgan fingerprint density at radius 2 is 2.21 bits per heavy atom. The Morgan fingerprint density at radius 3 is 2.79 bits per heavy atom. The van der Waals surface area contributed by atoms with Crippen molar-refractivity contribution < 1.29 is 14.7 Å². The number of carbonyl (C=O) groups excluding carboxylic acids is 1. The molecule has 19 heavy (non-hydrogen) atoms. The quantitative estimate of drug-likeness (QED) is 0.840. The van der Waals surface area contributed by atoms with E-state index in [9.17, 15) is 9.59 Å². The molecule has 1 aliphatic heterocycles. The first kappa shape index (κ1) is 16.1. The molecule has 1 aliphatic rings. The molecule has 0 aliphatic carbocycles. The summed E-state index contributed by atoms with van der Waals surface area (Å²) in [5.74, 6) is -0.181. The smallest absolute Gasteiger partial charge is 0.320 e. The van der Waals surface area contributed by atoms with Crippen molar-refractivity contribution in [3.63, 3.8) is 0 Å². The molecule has 1 heterocycles. The molecule has 1 N–H and O–H groups in total. The molecule has 2 amide bonds. The van der Waals surface area contributed by atoms with E-state index in [1.54, 1.807) is 28.6 Å². The van der Waals surface area contributed by atoms with Crippen LogP contribution in [0, 0.1) is 5.92 Å². The van der Waals surface area contributed by atoms with E-state index in [1.807, 2.05) is 6.92 Å². The lowest BCUT2D eigenvalue weighted by atomic mass is 9.98. The van der Waals surface area contributed by atoms with Gasteiger partial charge in [0.2, 0.25) is 0 Å². The molecule has 110 valence electrons. The first-order valence-corrected chi connectivity index (χ1v) is 8.10. The fraction of sp³-hybridized carbons (Fsp3) is 0.846. The third kappa shape index (κ3) is 4.60. The van der Waals surface area contributed by atoms with Gasteiger partial charge in [-0.2, -0.15) is 11.8 Å². The maximum atomic E-state index is 12.3. The summed E-state index contributed by atoms with van der Waals surface area (Å²) in [6.45, 7) is 3.04. The molecule has 0 aromatic heterocycles. The molecule has 0 saturated carbocycles. The van der Waals surface area contributed by atoms with Gasteiger partial charge in [-0.25, -0.2) is 4.79 Å². The summed E-state index contributed by atoms with van der Waals surface area (Å²) in [5, 5.41) is 9.05. The summed E-state index contributed by atoms with van der Waals surface area (Å²) in [6, 6.07) is 0.143. The van der Waals surface area contributed by atoms with E-state index in [1.165, 1.54) is 0 Å². The van der Waals surface area contributed by atoms with Crippen LogP contribution >= 0.6 is 11.8 Å². The number of aliphatic carboxylic acids is 1. The van der Waals surface area contributed by atoms with Crippen LogP contribution < -0.4 is 0 Å². The van der Waals surface area contributed by atoms with Gasteiger partial charge < -0.3 is 14.9 Å². The number of likely N-dealkylation sites (tertiary alicyclic amines) is 1. The Hall–Kier alpha value is -0.910. The van der Waals surface area contributed by atoms with Gasteiger partial charge in [0.15, 0.2) is 0 Å². The summed E-state index contributed by atoms with van der Waals surface area (Å²) in [4.78, 5) is 26.8. The molecule has 1 rings (SSSR count). The SMILES string of the molecule is CSCCC(C)N(C)C(=O)N1CCC[C@@H](C(=O)O)C1. The van der Waals surface area contributed by atoms with Crippen LogP contribution in [0.25, 0.3) is 0 Å². The second-order valence-electron chi connectivity index (χ2n) is 5.15. The molecule has 1 saturated heterocycles. The van der Waals surface area contributed by atoms with Crippen molar-refractivity contribution in [1.82, 2.24) is 9.80 Å². The Bertz CT molecular complexity index is 325. The number of amides is 2. The van der Waals surface area contributed by atoms with Gasteiger partial charge in [0, 0.05) is 26.2 Å². The van der Waals surface area contributed by atoms with Crippen LogP contribution in [0.5, 0.6) is 0 Å². The number of carbonyl (C=O) groups is 2. The fourth-order valence-electron chi connectivity index (χ4n) is 2.25. The Morgan fingerprint density at radius 1 is 1.53 bits per heavy atom. The molecule has 0 aromatic carbocycles. The van der Waals surface area contributed by atoms with Crippen LogP contribution in [0.4, 0.5) is 4.79 Å². The van der Waals surface area contributed by atoms with Gasteiger partial charge in [-0.05, 0) is 38.2 Å². The number of nitrogens with zero attached hydrogens (tertiary/aromatic N) is 2. The van der Waals surface area contributed by atoms with Crippen LogP contribution in [0.3, 0.4) is 0 Å². The van der Waals surface area contributed by atoms with E-state index in [0.29, 0.717) is 19.5 Å². The maximum absolute atomic E-state index is 12.3. The minimum atomic E-state index is -0.796. The number of carboxylic acids is 1. The molecule has 0 aromatic rings. The summed E-state index contributed by atoms with van der Waals surface area (Å²) >= 11 is 1.77. The standard InChI is InChI=1S/C13H24N2O3S/c1-10(6-8-19-3)14(2)13(18)15-7-4-5-11(9-15)12(16)17/h10-11H,4-9H2,1-3H3,(H,16,17)/t10?,11-/m1/s1. The molecule has 2 atom stereocenters. The van der Waals surface area contributed by atoms with Crippen molar-refractivity contribution in [1.29, 1.82) is 0 Å². The topological polar surface area (TPSA) is 60.9 Å². The van der Waals surface area contributed by atoms with E-state index < -0.39 is 11.9 Å². The van der Waals surface area contributed by atoms with Crippen molar-refractivity contribution in [2.75, 3.05) is 32.1 Å². The molecule has 1 fully saturated rings. The highest BCUT2D eigenvalue weighted by Crippen LogP contribution is 2.19. The van der Waals surface area contributed by atoms with Crippen molar-refractivity contribution >= 4 is 23.8 Å². The summed E-state index contributed by atoms with van der Waals surface area (Å²) in [7, 11) is 1.80. The number of thioether (sulfide) groups is 1. The van der Waals surface area contributed by atoms with Gasteiger partial charge >= 0.3 is 12.0 Å². The van der Waals surface area contributed by atoms with Crippen molar-refractivity contribution in [3.05, 3.63) is 0 Å². The zero-order chi connectivity index (χ0) is 14.4. The number of hydrogen-bond acceptors (Lipinski definition) is 3. The zero-order valence-electron chi connectivity index (χ0n) is 12.0. The van der Waals surface area contributed by atoms with Gasteiger partial charge in [0.25, 0.3) is 0 Å². The molecular weight excluding hydrogens is 264 g/mol. The van der Waals surface area contributed by atoms with Crippen LogP contribution in [0.1, 0.15) is 26.2 Å². The Balaban J connectivity index is 2.53. The van der Waals surface area contributed by atoms with E-state index in [0.717, 1.165) is 18.6 Å². The predicted octanol–water partition coefficient (Wildman–Crippen LogP) is 1.98. The monoisotopic (exact) mass is 288 g/mol. The molecule has 1 unspecified atom stereocenters. The second kappa shape index (κ2) is 7.62. The van der Waals surface area contributed by atoms with Gasteiger partial charge in [0.1, 0.15) is 0 Å². The minimum absolute atomic E-state index is 0.0421. The Kier molecular flexibility index (Phi) is 6.48. The van der Waals surface area contributed by atoms with Gasteiger partial charge in [-0.15, -0.1) is 0 Å². The van der Waals surface area contributed by atoms with Gasteiger partial charge in [-0.1, -0.05) is 0 Å². The average Bonchev–Trinajstić information content (AvgIpc) is 2.43. The van der Waals surface area contributed by atoms with E-state index in [4.69, 9.17) is 5.11 Å². The molecule has 0 spiro atoms. The fourth-order valence-corrected chi connectivity index (χ4v) is 2.82. The van der Waals surface area contributed by atoms with E-state index in [-0.39, 0.29) is 12.1 Å². The normalized spacial score (nSPS) is 21.0. The zero-order valence-corrected chi connectivity index (χ0v) is 12.8. The first-order valence-electron chi connectivity index (χ1n) is 6.70. The number of rotatable bonds is 5. The maximum Gasteiger partial charge on any atom is 0.320 e. The number of piperidine rings is 1. The molecular formula is C13H24N2O3S.